The minimum Gasteiger partial charge on any atom is -0.486 e. The number of rotatable bonds is 5. The summed E-state index contributed by atoms with van der Waals surface area (Å²) in [5.41, 5.74) is 1.10. The molecule has 1 aliphatic rings. The molecule has 1 aromatic heterocycles. The zero-order valence-corrected chi connectivity index (χ0v) is 13.9. The van der Waals surface area contributed by atoms with Crippen LogP contribution in [0.15, 0.2) is 36.7 Å². The van der Waals surface area contributed by atoms with Gasteiger partial charge in [-0.2, -0.15) is 5.10 Å². The Bertz CT molecular complexity index is 701. The van der Waals surface area contributed by atoms with Crippen molar-refractivity contribution >= 4 is 6.03 Å². The second-order valence-corrected chi connectivity index (χ2v) is 5.88. The second kappa shape index (κ2) is 7.25. The monoisotopic (exact) mass is 330 g/mol. The summed E-state index contributed by atoms with van der Waals surface area (Å²) in [5.74, 6) is 1.47. The van der Waals surface area contributed by atoms with E-state index in [4.69, 9.17) is 9.47 Å². The lowest BCUT2D eigenvalue weighted by Crippen LogP contribution is -2.45. The highest BCUT2D eigenvalue weighted by molar-refractivity contribution is 5.73. The van der Waals surface area contributed by atoms with Gasteiger partial charge in [-0.05, 0) is 24.1 Å². The predicted octanol–water partition coefficient (Wildman–Crippen LogP) is 1.44. The molecule has 24 heavy (non-hydrogen) atoms. The molecule has 0 fully saturated rings. The Morgan fingerprint density at radius 3 is 2.96 bits per heavy atom. The number of nitrogens with one attached hydrogen (secondary N) is 1. The van der Waals surface area contributed by atoms with Gasteiger partial charge in [-0.25, -0.2) is 4.79 Å². The van der Waals surface area contributed by atoms with Crippen LogP contribution < -0.4 is 14.8 Å². The van der Waals surface area contributed by atoms with Gasteiger partial charge in [0.05, 0.1) is 12.7 Å². The number of benzene rings is 1. The van der Waals surface area contributed by atoms with Crippen LogP contribution in [0.1, 0.15) is 5.56 Å². The van der Waals surface area contributed by atoms with E-state index in [1.54, 1.807) is 22.8 Å². The number of likely N-dealkylation sites (N-methyl/N-ethyl adjacent to an activating group) is 1. The number of amides is 2. The molecule has 2 heterocycles. The number of para-hydroxylation sites is 2. The van der Waals surface area contributed by atoms with Crippen molar-refractivity contribution in [1.82, 2.24) is 20.0 Å². The standard InChI is InChI=1S/C17H22N4O3/c1-20(17(22)18-8-7-13-9-19-21(2)10-13)11-14-12-23-15-5-3-4-6-16(15)24-14/h3-6,9-10,14H,7-8,11-12H2,1-2H3,(H,18,22)/t14-/m0/s1. The van der Waals surface area contributed by atoms with Gasteiger partial charge in [0.15, 0.2) is 17.6 Å². The van der Waals surface area contributed by atoms with Crippen LogP contribution in [0.4, 0.5) is 4.79 Å². The number of carbonyl (C=O) groups is 1. The summed E-state index contributed by atoms with van der Waals surface area (Å²) < 4.78 is 13.3. The molecule has 1 aliphatic heterocycles. The maximum Gasteiger partial charge on any atom is 0.317 e. The predicted molar refractivity (Wildman–Crippen MR) is 89.3 cm³/mol. The van der Waals surface area contributed by atoms with E-state index in [1.165, 1.54) is 0 Å². The van der Waals surface area contributed by atoms with E-state index >= 15 is 0 Å². The van der Waals surface area contributed by atoms with E-state index in [9.17, 15) is 4.79 Å². The average molecular weight is 330 g/mol. The Morgan fingerprint density at radius 2 is 2.21 bits per heavy atom. The maximum absolute atomic E-state index is 12.2. The highest BCUT2D eigenvalue weighted by Crippen LogP contribution is 2.30. The number of hydrogen-bond donors (Lipinski definition) is 1. The van der Waals surface area contributed by atoms with Crippen LogP contribution in [0.5, 0.6) is 11.5 Å². The van der Waals surface area contributed by atoms with Crippen molar-refractivity contribution in [2.75, 3.05) is 26.7 Å². The summed E-state index contributed by atoms with van der Waals surface area (Å²) >= 11 is 0. The summed E-state index contributed by atoms with van der Waals surface area (Å²) in [6, 6.07) is 7.43. The number of ether oxygens (including phenoxy) is 2. The Balaban J connectivity index is 1.43. The molecule has 2 amide bonds. The molecule has 128 valence electrons. The minimum atomic E-state index is -0.172. The molecule has 7 nitrogen and oxygen atoms in total. The molecular formula is C17H22N4O3. The van der Waals surface area contributed by atoms with Crippen LogP contribution in [0.25, 0.3) is 0 Å². The molecule has 0 unspecified atom stereocenters. The van der Waals surface area contributed by atoms with Crippen molar-refractivity contribution in [3.05, 3.63) is 42.2 Å². The van der Waals surface area contributed by atoms with Crippen LogP contribution in [0, 0.1) is 0 Å². The van der Waals surface area contributed by atoms with Crippen LogP contribution in [-0.2, 0) is 13.5 Å². The van der Waals surface area contributed by atoms with Crippen LogP contribution in [-0.4, -0.2) is 53.6 Å². The molecule has 0 radical (unpaired) electrons. The SMILES string of the molecule is CN(C[C@H]1COc2ccccc2O1)C(=O)NCCc1cnn(C)c1. The Labute approximate surface area is 141 Å². The first-order valence-corrected chi connectivity index (χ1v) is 7.97. The normalized spacial score (nSPS) is 15.8. The van der Waals surface area contributed by atoms with E-state index in [1.807, 2.05) is 37.5 Å². The summed E-state index contributed by atoms with van der Waals surface area (Å²) in [4.78, 5) is 13.8. The minimum absolute atomic E-state index is 0.124. The molecule has 2 aromatic rings. The summed E-state index contributed by atoms with van der Waals surface area (Å²) in [7, 11) is 3.63. The van der Waals surface area contributed by atoms with Gasteiger partial charge in [0, 0.05) is 26.8 Å². The van der Waals surface area contributed by atoms with Crippen LogP contribution in [0.2, 0.25) is 0 Å². The lowest BCUT2D eigenvalue weighted by atomic mass is 10.2. The van der Waals surface area contributed by atoms with Gasteiger partial charge < -0.3 is 19.7 Å². The van der Waals surface area contributed by atoms with Gasteiger partial charge in [0.1, 0.15) is 6.61 Å². The first kappa shape index (κ1) is 16.2. The van der Waals surface area contributed by atoms with Crippen molar-refractivity contribution in [2.24, 2.45) is 7.05 Å². The summed E-state index contributed by atoms with van der Waals surface area (Å²) in [6.07, 6.45) is 4.33. The molecule has 1 atom stereocenters. The fraction of sp³-hybridized carbons (Fsp3) is 0.412. The molecule has 0 saturated heterocycles. The summed E-state index contributed by atoms with van der Waals surface area (Å²) in [6.45, 7) is 1.47. The van der Waals surface area contributed by atoms with Crippen LogP contribution >= 0.6 is 0 Å². The van der Waals surface area contributed by atoms with Crippen LogP contribution in [0.3, 0.4) is 0 Å². The van der Waals surface area contributed by atoms with Crippen molar-refractivity contribution in [3.63, 3.8) is 0 Å². The quantitative estimate of drug-likeness (QED) is 0.901. The van der Waals surface area contributed by atoms with Gasteiger partial charge >= 0.3 is 6.03 Å². The summed E-state index contributed by atoms with van der Waals surface area (Å²) in [5, 5.41) is 7.01. The van der Waals surface area contributed by atoms with Crippen molar-refractivity contribution < 1.29 is 14.3 Å². The molecule has 0 bridgehead atoms. The molecule has 0 spiro atoms. The number of aryl methyl sites for hydroxylation is 1. The second-order valence-electron chi connectivity index (χ2n) is 5.88. The highest BCUT2D eigenvalue weighted by atomic mass is 16.6. The van der Waals surface area contributed by atoms with Gasteiger partial charge in [0.2, 0.25) is 0 Å². The van der Waals surface area contributed by atoms with Gasteiger partial charge in [-0.3, -0.25) is 4.68 Å². The number of hydrogen-bond acceptors (Lipinski definition) is 4. The number of carbonyl (C=O) groups excluding carboxylic acids is 1. The Morgan fingerprint density at radius 1 is 1.42 bits per heavy atom. The van der Waals surface area contributed by atoms with Gasteiger partial charge in [-0.15, -0.1) is 0 Å². The van der Waals surface area contributed by atoms with E-state index in [0.29, 0.717) is 19.7 Å². The maximum atomic E-state index is 12.2. The number of urea groups is 1. The van der Waals surface area contributed by atoms with Crippen molar-refractivity contribution in [3.8, 4) is 11.5 Å². The fourth-order valence-electron chi connectivity index (χ4n) is 2.59. The lowest BCUT2D eigenvalue weighted by Gasteiger charge is -2.29. The smallest absolute Gasteiger partial charge is 0.317 e. The molecule has 7 heteroatoms. The molecule has 0 saturated carbocycles. The third kappa shape index (κ3) is 3.98. The van der Waals surface area contributed by atoms with E-state index in [2.05, 4.69) is 10.4 Å². The lowest BCUT2D eigenvalue weighted by molar-refractivity contribution is 0.0716. The average Bonchev–Trinajstić information content (AvgIpc) is 3.00. The zero-order valence-electron chi connectivity index (χ0n) is 13.9. The number of fused-ring (bicyclic) bond motifs is 1. The van der Waals surface area contributed by atoms with Gasteiger partial charge in [-0.1, -0.05) is 12.1 Å². The Kier molecular flexibility index (Phi) is 4.88. The molecule has 3 rings (SSSR count). The molecule has 0 aliphatic carbocycles. The first-order valence-electron chi connectivity index (χ1n) is 7.97. The molecular weight excluding hydrogens is 308 g/mol. The zero-order chi connectivity index (χ0) is 16.9. The topological polar surface area (TPSA) is 68.6 Å². The van der Waals surface area contributed by atoms with E-state index in [-0.39, 0.29) is 12.1 Å². The van der Waals surface area contributed by atoms with E-state index in [0.717, 1.165) is 23.5 Å². The number of aromatic nitrogens is 2. The third-order valence-electron chi connectivity index (χ3n) is 3.84. The number of nitrogens with zero attached hydrogens (tertiary/aromatic N) is 3. The Hall–Kier alpha value is -2.70. The van der Waals surface area contributed by atoms with Gasteiger partial charge in [0.25, 0.3) is 0 Å². The molecule has 1 N–H and O–H groups in total. The highest BCUT2D eigenvalue weighted by Gasteiger charge is 2.23. The largest absolute Gasteiger partial charge is 0.486 e. The van der Waals surface area contributed by atoms with Crippen molar-refractivity contribution in [1.29, 1.82) is 0 Å². The first-order chi connectivity index (χ1) is 11.6. The fourth-order valence-corrected chi connectivity index (χ4v) is 2.59. The third-order valence-corrected chi connectivity index (χ3v) is 3.84. The van der Waals surface area contributed by atoms with E-state index < -0.39 is 0 Å². The van der Waals surface area contributed by atoms with Crippen molar-refractivity contribution in [2.45, 2.75) is 12.5 Å². The molecule has 1 aromatic carbocycles.